The number of amides is 1. The van der Waals surface area contributed by atoms with Crippen LogP contribution in [0.3, 0.4) is 0 Å². The number of benzene rings is 9. The molecule has 0 radical (unpaired) electrons. The van der Waals surface area contributed by atoms with Crippen molar-refractivity contribution in [3.8, 4) is 11.1 Å². The van der Waals surface area contributed by atoms with Gasteiger partial charge in [-0.05, 0) is 315 Å². The number of hydrogen-bond acceptors (Lipinski definition) is 12. The molecule has 2 atom stereocenters. The van der Waals surface area contributed by atoms with Crippen molar-refractivity contribution < 1.29 is 4.79 Å². The van der Waals surface area contributed by atoms with Crippen LogP contribution in [0.4, 0.5) is 5.69 Å². The van der Waals surface area contributed by atoms with Crippen LogP contribution in [0.5, 0.6) is 0 Å². The van der Waals surface area contributed by atoms with Crippen molar-refractivity contribution in [1.29, 1.82) is 0 Å². The molecule has 0 unspecified atom stereocenters. The van der Waals surface area contributed by atoms with Crippen LogP contribution < -0.4 is 20.9 Å². The number of anilines is 1. The molecule has 3 N–H and O–H groups in total. The lowest BCUT2D eigenvalue weighted by Gasteiger charge is -2.37. The maximum absolute atomic E-state index is 12.8. The molecule has 9 aromatic rings. The lowest BCUT2D eigenvalue weighted by molar-refractivity contribution is 0.0916. The Morgan fingerprint density at radius 2 is 0.750 bits per heavy atom. The van der Waals surface area contributed by atoms with Crippen molar-refractivity contribution in [2.24, 2.45) is 53.3 Å². The summed E-state index contributed by atoms with van der Waals surface area (Å²) in [4.78, 5) is 36.7. The summed E-state index contributed by atoms with van der Waals surface area (Å²) < 4.78 is 0. The van der Waals surface area contributed by atoms with E-state index in [1.54, 1.807) is 0 Å². The van der Waals surface area contributed by atoms with E-state index in [1.807, 2.05) is 32.3 Å². The Balaban J connectivity index is 0.000000265. The van der Waals surface area contributed by atoms with Gasteiger partial charge >= 0.3 is 0 Å². The van der Waals surface area contributed by atoms with Gasteiger partial charge in [-0.15, -0.1) is 0 Å². The van der Waals surface area contributed by atoms with E-state index in [1.165, 1.54) is 150 Å². The molecule has 144 heavy (non-hydrogen) atoms. The lowest BCUT2D eigenvalue weighted by Crippen LogP contribution is -2.52. The second-order valence-electron chi connectivity index (χ2n) is 46.6. The number of nitrogens with zero attached hydrogens (tertiary/aromatic N) is 10. The zero-order chi connectivity index (χ0) is 105. The number of nitrogens with one attached hydrogen (secondary N) is 3. The number of hydrogen-bond donors (Lipinski definition) is 3. The van der Waals surface area contributed by atoms with Crippen LogP contribution in [0.25, 0.3) is 11.1 Å². The molecule has 0 aromatic heterocycles. The Hall–Kier alpha value is -8.42. The van der Waals surface area contributed by atoms with Gasteiger partial charge in [0.1, 0.15) is 0 Å². The fourth-order valence-corrected chi connectivity index (χ4v) is 19.3. The Labute approximate surface area is 887 Å². The van der Waals surface area contributed by atoms with Gasteiger partial charge < -0.3 is 50.2 Å². The van der Waals surface area contributed by atoms with E-state index >= 15 is 0 Å². The van der Waals surface area contributed by atoms with Crippen LogP contribution in [0, 0.1) is 53.3 Å². The summed E-state index contributed by atoms with van der Waals surface area (Å²) in [5.74, 6) is 6.07. The number of thiocarbonyl (C=S) groups is 1. The van der Waals surface area contributed by atoms with Crippen molar-refractivity contribution >= 4 is 28.9 Å². The third kappa shape index (κ3) is 55.0. The number of carbonyl (C=O) groups is 1. The Morgan fingerprint density at radius 1 is 0.354 bits per heavy atom. The van der Waals surface area contributed by atoms with Gasteiger partial charge in [-0.3, -0.25) is 19.5 Å². The van der Waals surface area contributed by atoms with Gasteiger partial charge in [0.25, 0.3) is 5.91 Å². The Morgan fingerprint density at radius 3 is 1.22 bits per heavy atom. The third-order valence-corrected chi connectivity index (χ3v) is 26.7. The average molecular weight is 1980 g/mol. The maximum Gasteiger partial charge on any atom is 0.251 e. The van der Waals surface area contributed by atoms with Gasteiger partial charge in [-0.2, -0.15) is 0 Å². The number of likely N-dealkylation sites (N-methyl/N-ethyl adjacent to an activating group) is 5. The minimum atomic E-state index is -0.00395. The highest BCUT2D eigenvalue weighted by molar-refractivity contribution is 7.80. The van der Waals surface area contributed by atoms with Gasteiger partial charge in [-0.1, -0.05) is 350 Å². The highest BCUT2D eigenvalue weighted by atomic mass is 32.1. The molecule has 0 bridgehead atoms. The van der Waals surface area contributed by atoms with Crippen molar-refractivity contribution in [2.75, 3.05) is 167 Å². The zero-order valence-corrected chi connectivity index (χ0v) is 96.8. The molecule has 2 fully saturated rings. The Bertz CT molecular complexity index is 4850. The standard InChI is InChI=1S/C24H34N2O.C23H31N3S.C22H32N2.C21H36N2.C20H36N2.C19H34N2/c1-17(2)13-19-9-7-10-20(14-19)21-11-8-12-22(15-21)24(27)25-23(18(3)4)16-26(5)6;1-19(2)17-21-9-6-10-22(18-21)25-13-15-26(16-14-25)23(27)24-12-11-20-7-4-3-5-8-20;1-19(2)15-21-11-8-12-22(16-21)18-24(14-13-23(3)4)17-20-9-6-5-7-10-20;1-18(2)15-19-9-8-10-20(16-19)17-23(14-13-22(3)4)21-11-6-5-7-12-21;1-17(2)10-11-22(13-12-21(5)6)16-20-9-7-8-19(15-20)14-18(3)4;1-15(2)10-17-8-7-9-18(12-17)13-20-19(11-16(3)4)14-21(5)6/h7-12,14-15,17-18,23H,13,16H2,1-6H3,(H,25,27);3-10,18-19H,11-17H2,1-2H3,(H,24,27);5-12,16,19H,13-15,17-18H2,1-4H3;8-10,16,18,21H,5-7,11-15,17H2,1-4H3;7-9,15,17-18H,10-14,16H2,1-6H3;7-9,12,15-16,19-20H,10-11,13-14H2,1-6H3/t23-;;;;;19-/m1....0/s1. The lowest BCUT2D eigenvalue weighted by atomic mass is 9.93. The molecule has 1 aliphatic carbocycles. The van der Waals surface area contributed by atoms with E-state index in [2.05, 4.69) is 458 Å². The van der Waals surface area contributed by atoms with Crippen LogP contribution in [-0.4, -0.2) is 235 Å². The quantitative estimate of drug-likeness (QED) is 0.0316. The van der Waals surface area contributed by atoms with Crippen LogP contribution in [0.2, 0.25) is 0 Å². The van der Waals surface area contributed by atoms with E-state index < -0.39 is 0 Å². The second-order valence-corrected chi connectivity index (χ2v) is 47.0. The van der Waals surface area contributed by atoms with E-state index in [-0.39, 0.29) is 11.9 Å². The molecule has 14 nitrogen and oxygen atoms in total. The van der Waals surface area contributed by atoms with E-state index in [0.717, 1.165) is 189 Å². The maximum atomic E-state index is 12.8. The van der Waals surface area contributed by atoms with Gasteiger partial charge in [0.2, 0.25) is 0 Å². The fraction of sp³-hybridized carbons (Fsp3) is 0.566. The number of rotatable bonds is 50. The molecule has 11 rings (SSSR count). The van der Waals surface area contributed by atoms with Crippen LogP contribution in [-0.2, 0) is 77.7 Å². The van der Waals surface area contributed by atoms with Crippen molar-refractivity contribution in [1.82, 2.24) is 60.0 Å². The fourth-order valence-electron chi connectivity index (χ4n) is 19.0. The first-order valence-electron chi connectivity index (χ1n) is 55.6. The number of carbonyl (C=O) groups excluding carboxylic acids is 1. The molecular formula is C129H203N13OS. The monoisotopic (exact) mass is 1980 g/mol. The summed E-state index contributed by atoms with van der Waals surface area (Å²) in [6.07, 6.45) is 17.4. The average Bonchev–Trinajstić information content (AvgIpc) is 0.834. The minimum Gasteiger partial charge on any atom is -0.368 e. The molecule has 0 spiro atoms. The van der Waals surface area contributed by atoms with Crippen molar-refractivity contribution in [3.05, 3.63) is 303 Å². The van der Waals surface area contributed by atoms with Gasteiger partial charge in [0, 0.05) is 147 Å². The zero-order valence-electron chi connectivity index (χ0n) is 96.0. The van der Waals surface area contributed by atoms with Gasteiger partial charge in [-0.25, -0.2) is 0 Å². The largest absolute Gasteiger partial charge is 0.368 e. The van der Waals surface area contributed by atoms with E-state index in [4.69, 9.17) is 12.2 Å². The molecule has 1 aliphatic heterocycles. The smallest absolute Gasteiger partial charge is 0.251 e. The molecule has 1 amide bonds. The van der Waals surface area contributed by atoms with E-state index in [0.29, 0.717) is 35.3 Å². The normalized spacial score (nSPS) is 13.5. The van der Waals surface area contributed by atoms with Crippen LogP contribution in [0.1, 0.15) is 247 Å². The SMILES string of the molecule is CC(C)CCN(CCN(C)C)Cc1cccc(CC(C)C)c1.CC(C)Cc1cccc(-c2cccc(C(=O)N[C@H](CN(C)C)C(C)C)c2)c1.CC(C)Cc1cccc(CN(CCN(C)C)C2CCCCC2)c1.CC(C)Cc1cccc(CN(CCN(C)C)Cc2ccccc2)c1.CC(C)Cc1cccc(CN[C@@H](CC(C)C)CN(C)C)c1.CC(C)Cc1cccc(N2CCN(C(=S)NCCc3ccccc3)CC2)c1. The molecule has 1 heterocycles. The highest BCUT2D eigenvalue weighted by Gasteiger charge is 2.25. The van der Waals surface area contributed by atoms with Crippen LogP contribution in [0.15, 0.2) is 231 Å². The third-order valence-electron chi connectivity index (χ3n) is 26.3. The van der Waals surface area contributed by atoms with Crippen LogP contribution >= 0.6 is 12.2 Å². The summed E-state index contributed by atoms with van der Waals surface area (Å²) in [6, 6.07) is 85.0. The molecule has 1 saturated carbocycles. The molecule has 15 heteroatoms. The summed E-state index contributed by atoms with van der Waals surface area (Å²) in [5.41, 5.74) is 21.5. The first kappa shape index (κ1) is 124. The number of piperazine rings is 1. The van der Waals surface area contributed by atoms with Crippen molar-refractivity contribution in [2.45, 2.75) is 265 Å². The predicted molar refractivity (Wildman–Crippen MR) is 631 cm³/mol. The summed E-state index contributed by atoms with van der Waals surface area (Å²) >= 11 is 5.61. The minimum absolute atomic E-state index is 0.00395. The highest BCUT2D eigenvalue weighted by Crippen LogP contribution is 2.29. The first-order valence-corrected chi connectivity index (χ1v) is 56.0. The summed E-state index contributed by atoms with van der Waals surface area (Å²) in [7, 11) is 21.3. The molecular weight excluding hydrogens is 1780 g/mol. The van der Waals surface area contributed by atoms with Gasteiger partial charge in [0.15, 0.2) is 5.11 Å². The second kappa shape index (κ2) is 69.7. The van der Waals surface area contributed by atoms with E-state index in [9.17, 15) is 4.79 Å². The summed E-state index contributed by atoms with van der Waals surface area (Å²) in [6.45, 7) is 60.8. The van der Waals surface area contributed by atoms with Gasteiger partial charge in [0.05, 0.1) is 0 Å². The topological polar surface area (TPSA) is 85.6 Å². The first-order chi connectivity index (χ1) is 68.7. The molecule has 2 aliphatic rings. The van der Waals surface area contributed by atoms with Crippen molar-refractivity contribution in [3.63, 3.8) is 0 Å². The molecule has 796 valence electrons. The summed E-state index contributed by atoms with van der Waals surface area (Å²) in [5, 5.41) is 11.3. The Kier molecular flexibility index (Phi) is 60.2. The predicted octanol–water partition coefficient (Wildman–Crippen LogP) is 26.3. The molecule has 9 aromatic carbocycles. The molecule has 1 saturated heterocycles.